The molecule has 1 aromatic heterocycles. The second-order valence-corrected chi connectivity index (χ2v) is 5.91. The SMILES string of the molecule is CCOc1cccc2[nH]c(C(=O)N(C)[C@@H]3COC[C@@H](O)[C@H]3O)cc12. The van der Waals surface area contributed by atoms with Gasteiger partial charge in [0.1, 0.15) is 23.7 Å². The molecule has 2 aromatic rings. The van der Waals surface area contributed by atoms with Crippen LogP contribution >= 0.6 is 0 Å². The fourth-order valence-corrected chi connectivity index (χ4v) is 2.97. The van der Waals surface area contributed by atoms with Crippen LogP contribution in [-0.4, -0.2) is 71.1 Å². The van der Waals surface area contributed by atoms with E-state index < -0.39 is 18.2 Å². The topological polar surface area (TPSA) is 95.0 Å². The predicted octanol–water partition coefficient (Wildman–Crippen LogP) is 0.759. The zero-order valence-corrected chi connectivity index (χ0v) is 13.7. The molecule has 3 N–H and O–H groups in total. The number of H-pyrrole nitrogens is 1. The van der Waals surface area contributed by atoms with Gasteiger partial charge < -0.3 is 29.6 Å². The van der Waals surface area contributed by atoms with Crippen molar-refractivity contribution in [3.05, 3.63) is 30.0 Å². The van der Waals surface area contributed by atoms with Crippen LogP contribution in [0.4, 0.5) is 0 Å². The van der Waals surface area contributed by atoms with E-state index >= 15 is 0 Å². The number of aliphatic hydroxyl groups is 2. The Morgan fingerprint density at radius 1 is 1.42 bits per heavy atom. The first-order valence-electron chi connectivity index (χ1n) is 7.98. The fraction of sp³-hybridized carbons (Fsp3) is 0.471. The lowest BCUT2D eigenvalue weighted by Crippen LogP contribution is -2.56. The van der Waals surface area contributed by atoms with Gasteiger partial charge in [-0.05, 0) is 25.1 Å². The average Bonchev–Trinajstić information content (AvgIpc) is 3.01. The number of aromatic amines is 1. The Morgan fingerprint density at radius 3 is 2.96 bits per heavy atom. The number of nitrogens with one attached hydrogen (secondary N) is 1. The first kappa shape index (κ1) is 16.8. The van der Waals surface area contributed by atoms with Gasteiger partial charge in [-0.1, -0.05) is 6.07 Å². The minimum Gasteiger partial charge on any atom is -0.493 e. The normalized spacial score (nSPS) is 24.1. The van der Waals surface area contributed by atoms with Gasteiger partial charge in [0.15, 0.2) is 0 Å². The number of likely N-dealkylation sites (N-methyl/N-ethyl adjacent to an activating group) is 1. The van der Waals surface area contributed by atoms with Crippen LogP contribution in [0.1, 0.15) is 17.4 Å². The van der Waals surface area contributed by atoms with Crippen molar-refractivity contribution in [3.8, 4) is 5.75 Å². The van der Waals surface area contributed by atoms with E-state index in [1.807, 2.05) is 25.1 Å². The molecule has 1 aliphatic rings. The molecule has 7 nitrogen and oxygen atoms in total. The van der Waals surface area contributed by atoms with Gasteiger partial charge in [-0.25, -0.2) is 0 Å². The number of hydrogen-bond donors (Lipinski definition) is 3. The van der Waals surface area contributed by atoms with E-state index in [1.54, 1.807) is 13.1 Å². The molecule has 0 unspecified atom stereocenters. The van der Waals surface area contributed by atoms with Crippen LogP contribution in [-0.2, 0) is 4.74 Å². The van der Waals surface area contributed by atoms with E-state index in [-0.39, 0.29) is 19.1 Å². The summed E-state index contributed by atoms with van der Waals surface area (Å²) in [6.45, 7) is 2.70. The summed E-state index contributed by atoms with van der Waals surface area (Å²) in [5.41, 5.74) is 1.20. The number of ether oxygens (including phenoxy) is 2. The maximum absolute atomic E-state index is 12.7. The molecule has 7 heteroatoms. The van der Waals surface area contributed by atoms with Gasteiger partial charge in [0.25, 0.3) is 5.91 Å². The maximum Gasteiger partial charge on any atom is 0.270 e. The zero-order valence-electron chi connectivity index (χ0n) is 13.7. The highest BCUT2D eigenvalue weighted by molar-refractivity contribution is 5.99. The smallest absolute Gasteiger partial charge is 0.270 e. The van der Waals surface area contributed by atoms with Crippen LogP contribution in [0.5, 0.6) is 5.75 Å². The van der Waals surface area contributed by atoms with E-state index in [9.17, 15) is 15.0 Å². The lowest BCUT2D eigenvalue weighted by molar-refractivity contribution is -0.122. The summed E-state index contributed by atoms with van der Waals surface area (Å²) in [6, 6.07) is 6.73. The summed E-state index contributed by atoms with van der Waals surface area (Å²) in [7, 11) is 1.59. The fourth-order valence-electron chi connectivity index (χ4n) is 2.97. The summed E-state index contributed by atoms with van der Waals surface area (Å²) in [6.07, 6.45) is -2.03. The van der Waals surface area contributed by atoms with E-state index in [0.717, 1.165) is 10.9 Å². The highest BCUT2D eigenvalue weighted by Crippen LogP contribution is 2.27. The van der Waals surface area contributed by atoms with Crippen molar-refractivity contribution in [2.45, 2.75) is 25.2 Å². The number of carbonyl (C=O) groups is 1. The molecule has 24 heavy (non-hydrogen) atoms. The standard InChI is InChI=1S/C17H22N2O5/c1-3-24-15-6-4-5-11-10(15)7-12(18-11)17(22)19(2)13-8-23-9-14(20)16(13)21/h4-7,13-14,16,18,20-21H,3,8-9H2,1-2H3/t13-,14-,16+/m1/s1. The molecule has 0 saturated carbocycles. The molecule has 1 saturated heterocycles. The van der Waals surface area contributed by atoms with Crippen LogP contribution in [0, 0.1) is 0 Å². The Hall–Kier alpha value is -2.09. The zero-order chi connectivity index (χ0) is 17.3. The Morgan fingerprint density at radius 2 is 2.21 bits per heavy atom. The molecule has 0 aliphatic carbocycles. The van der Waals surface area contributed by atoms with Crippen molar-refractivity contribution in [3.63, 3.8) is 0 Å². The van der Waals surface area contributed by atoms with Crippen molar-refractivity contribution in [2.24, 2.45) is 0 Å². The molecule has 0 radical (unpaired) electrons. The number of fused-ring (bicyclic) bond motifs is 1. The quantitative estimate of drug-likeness (QED) is 0.767. The number of nitrogens with zero attached hydrogens (tertiary/aromatic N) is 1. The average molecular weight is 334 g/mol. The highest BCUT2D eigenvalue weighted by atomic mass is 16.5. The Balaban J connectivity index is 1.86. The van der Waals surface area contributed by atoms with Crippen molar-refractivity contribution in [1.82, 2.24) is 9.88 Å². The van der Waals surface area contributed by atoms with Crippen molar-refractivity contribution in [1.29, 1.82) is 0 Å². The second-order valence-electron chi connectivity index (χ2n) is 5.91. The van der Waals surface area contributed by atoms with Crippen LogP contribution in [0.2, 0.25) is 0 Å². The van der Waals surface area contributed by atoms with E-state index in [1.165, 1.54) is 4.90 Å². The minimum absolute atomic E-state index is 0.0732. The van der Waals surface area contributed by atoms with Gasteiger partial charge >= 0.3 is 0 Å². The molecular formula is C17H22N2O5. The van der Waals surface area contributed by atoms with E-state index in [2.05, 4.69) is 4.98 Å². The van der Waals surface area contributed by atoms with Gasteiger partial charge in [-0.2, -0.15) is 0 Å². The minimum atomic E-state index is -1.03. The van der Waals surface area contributed by atoms with Gasteiger partial charge in [0.05, 0.1) is 25.9 Å². The Bertz CT molecular complexity index is 729. The largest absolute Gasteiger partial charge is 0.493 e. The molecule has 0 spiro atoms. The molecule has 1 amide bonds. The first-order chi connectivity index (χ1) is 11.5. The summed E-state index contributed by atoms with van der Waals surface area (Å²) in [4.78, 5) is 17.2. The predicted molar refractivity (Wildman–Crippen MR) is 88.2 cm³/mol. The third kappa shape index (κ3) is 2.98. The molecule has 0 bridgehead atoms. The number of benzene rings is 1. The summed E-state index contributed by atoms with van der Waals surface area (Å²) < 4.78 is 10.8. The molecule has 2 heterocycles. The van der Waals surface area contributed by atoms with E-state index in [0.29, 0.717) is 18.1 Å². The Kier molecular flexibility index (Phi) is 4.75. The molecule has 1 fully saturated rings. The molecular weight excluding hydrogens is 312 g/mol. The summed E-state index contributed by atoms with van der Waals surface area (Å²) >= 11 is 0. The third-order valence-corrected chi connectivity index (χ3v) is 4.34. The van der Waals surface area contributed by atoms with Crippen LogP contribution in [0.25, 0.3) is 10.9 Å². The van der Waals surface area contributed by atoms with Crippen LogP contribution in [0.3, 0.4) is 0 Å². The molecule has 1 aromatic carbocycles. The van der Waals surface area contributed by atoms with Gasteiger partial charge in [0.2, 0.25) is 0 Å². The number of aliphatic hydroxyl groups excluding tert-OH is 2. The maximum atomic E-state index is 12.7. The lowest BCUT2D eigenvalue weighted by atomic mass is 10.0. The van der Waals surface area contributed by atoms with Gasteiger partial charge in [0, 0.05) is 18.0 Å². The molecule has 3 rings (SSSR count). The first-order valence-corrected chi connectivity index (χ1v) is 7.98. The van der Waals surface area contributed by atoms with Crippen molar-refractivity contribution < 1.29 is 24.5 Å². The Labute approximate surface area is 139 Å². The van der Waals surface area contributed by atoms with Gasteiger partial charge in [-0.3, -0.25) is 4.79 Å². The van der Waals surface area contributed by atoms with Crippen LogP contribution < -0.4 is 4.74 Å². The highest BCUT2D eigenvalue weighted by Gasteiger charge is 2.36. The molecule has 1 aliphatic heterocycles. The number of aromatic nitrogens is 1. The van der Waals surface area contributed by atoms with Gasteiger partial charge in [-0.15, -0.1) is 0 Å². The number of amides is 1. The third-order valence-electron chi connectivity index (χ3n) is 4.34. The number of hydrogen-bond acceptors (Lipinski definition) is 5. The molecule has 130 valence electrons. The van der Waals surface area contributed by atoms with Crippen molar-refractivity contribution in [2.75, 3.05) is 26.9 Å². The van der Waals surface area contributed by atoms with E-state index in [4.69, 9.17) is 9.47 Å². The number of rotatable bonds is 4. The summed E-state index contributed by atoms with van der Waals surface area (Å²) in [5.74, 6) is 0.430. The summed E-state index contributed by atoms with van der Waals surface area (Å²) in [5, 5.41) is 20.7. The number of carbonyl (C=O) groups excluding carboxylic acids is 1. The molecule has 3 atom stereocenters. The van der Waals surface area contributed by atoms with Crippen LogP contribution in [0.15, 0.2) is 24.3 Å². The lowest BCUT2D eigenvalue weighted by Gasteiger charge is -2.37. The monoisotopic (exact) mass is 334 g/mol. The van der Waals surface area contributed by atoms with Crippen molar-refractivity contribution >= 4 is 16.8 Å². The second kappa shape index (κ2) is 6.80.